The molecule has 0 aliphatic rings. The van der Waals surface area contributed by atoms with Crippen molar-refractivity contribution in [2.24, 2.45) is 0 Å². The third-order valence-electron chi connectivity index (χ3n) is 5.68. The fraction of sp³-hybridized carbons (Fsp3) is 0.216. The summed E-state index contributed by atoms with van der Waals surface area (Å²) in [5.41, 5.74) is 2.09. The molecule has 0 amide bonds. The van der Waals surface area contributed by atoms with Crippen LogP contribution in [-0.4, -0.2) is 137 Å². The summed E-state index contributed by atoms with van der Waals surface area (Å²) in [5, 5.41) is 17.7. The standard InChI is InChI=1S/2C8H8O3S.C7H12O6S.C6H10O5S.C4H6O2.2C2H4O3S.2Na/c2*1-2-7-3-5-8(6-4-7)12(9,10)11;1-5(2)7(9)13-3-6(8)4-14(10,11)12;1-5(2)6(7)11-3-4-12(8,9)10;1-3(2)4(5)6;2*1-2-6(3,4)5;;/h2*2-6H,1H2,(H,9,10,11);6,8H,1,3-4H2,2H3,(H,10,11,12);1,3-4H2,2H3,(H,8,9,10);1H2,2H3,(H,5,6);2*2H,1H2,(H,3,4,5);;/q;;;;;;;2*+1/p-2. The smallest absolute Gasteiger partial charge is 0.745 e. The molecule has 2 rings (SSSR count). The van der Waals surface area contributed by atoms with Crippen LogP contribution in [0.4, 0.5) is 0 Å². The SMILES string of the molecule is C=C(C)C(=O)O.C=C(C)C(=O)OCC(O)CS(=O)(=O)O.C=C(C)C(=O)OCCS(=O)(=O)O.C=CS(=O)(=O)O.C=CS(=O)(=O)[O-].C=Cc1ccc(S(=O)(=O)O)cc1.C=Cc1ccc(S(=O)(=O)[O-])cc1.[Na+].[Na+]. The Morgan fingerprint density at radius 1 is 0.600 bits per heavy atom. The van der Waals surface area contributed by atoms with Gasteiger partial charge in [0.1, 0.15) is 51.1 Å². The molecule has 0 fully saturated rings. The number of aliphatic hydroxyl groups excluding tert-OH is 1. The molecular weight excluding hydrogens is 1080 g/mol. The van der Waals surface area contributed by atoms with Crippen molar-refractivity contribution in [2.75, 3.05) is 24.7 Å². The van der Waals surface area contributed by atoms with E-state index in [2.05, 4.69) is 55.5 Å². The van der Waals surface area contributed by atoms with Crippen molar-refractivity contribution in [1.29, 1.82) is 0 Å². The van der Waals surface area contributed by atoms with Crippen molar-refractivity contribution < 1.29 is 171 Å². The third kappa shape index (κ3) is 57.0. The molecule has 0 heterocycles. The normalized spacial score (nSPS) is 10.8. The molecule has 0 bridgehead atoms. The number of esters is 2. The van der Waals surface area contributed by atoms with Crippen LogP contribution in [0.1, 0.15) is 31.9 Å². The van der Waals surface area contributed by atoms with Crippen molar-refractivity contribution in [3.63, 3.8) is 0 Å². The van der Waals surface area contributed by atoms with E-state index >= 15 is 0 Å². The number of carboxylic acids is 1. The number of carbonyl (C=O) groups excluding carboxylic acids is 2. The van der Waals surface area contributed by atoms with E-state index in [-0.39, 0.29) is 92.2 Å². The molecular formula is C37H50Na2O25S6. The van der Waals surface area contributed by atoms with Gasteiger partial charge in [0, 0.05) is 22.1 Å². The van der Waals surface area contributed by atoms with Crippen molar-refractivity contribution in [3.8, 4) is 0 Å². The summed E-state index contributed by atoms with van der Waals surface area (Å²) in [4.78, 5) is 30.7. The summed E-state index contributed by atoms with van der Waals surface area (Å²) in [6.07, 6.45) is 1.72. The fourth-order valence-electron chi connectivity index (χ4n) is 2.50. The van der Waals surface area contributed by atoms with Gasteiger partial charge < -0.3 is 28.8 Å². The summed E-state index contributed by atoms with van der Waals surface area (Å²) < 4.78 is 182. The maximum absolute atomic E-state index is 10.8. The second kappa shape index (κ2) is 39.0. The van der Waals surface area contributed by atoms with Gasteiger partial charge in [0.2, 0.25) is 0 Å². The number of aliphatic hydroxyl groups is 1. The van der Waals surface area contributed by atoms with E-state index in [0.717, 1.165) is 11.1 Å². The Hall–Kier alpha value is -3.55. The number of benzene rings is 2. The Bertz CT molecular complexity index is 2580. The van der Waals surface area contributed by atoms with Crippen LogP contribution in [0.25, 0.3) is 12.2 Å². The Balaban J connectivity index is -0.000000135. The molecule has 386 valence electrons. The van der Waals surface area contributed by atoms with Gasteiger partial charge in [-0.15, -0.1) is 0 Å². The van der Waals surface area contributed by atoms with Crippen LogP contribution in [0.15, 0.2) is 132 Å². The molecule has 1 unspecified atom stereocenters. The van der Waals surface area contributed by atoms with Crippen LogP contribution >= 0.6 is 0 Å². The molecule has 0 saturated heterocycles. The molecule has 6 N–H and O–H groups in total. The first-order valence-corrected chi connectivity index (χ1v) is 26.1. The zero-order chi connectivity index (χ0) is 55.1. The van der Waals surface area contributed by atoms with Crippen molar-refractivity contribution in [1.82, 2.24) is 0 Å². The molecule has 0 spiro atoms. The maximum Gasteiger partial charge on any atom is 1.00 e. The zero-order valence-electron chi connectivity index (χ0n) is 38.2. The van der Waals surface area contributed by atoms with Gasteiger partial charge in [0.25, 0.3) is 40.5 Å². The zero-order valence-corrected chi connectivity index (χ0v) is 47.1. The fourth-order valence-corrected chi connectivity index (χ4v) is 4.32. The maximum atomic E-state index is 10.8. The van der Waals surface area contributed by atoms with Crippen molar-refractivity contribution >= 4 is 90.8 Å². The van der Waals surface area contributed by atoms with E-state index in [1.54, 1.807) is 24.3 Å². The minimum Gasteiger partial charge on any atom is -0.745 e. The average Bonchev–Trinajstić information content (AvgIpc) is 3.19. The predicted octanol–water partition coefficient (Wildman–Crippen LogP) is -3.49. The minimum atomic E-state index is -4.31. The quantitative estimate of drug-likeness (QED) is 0.0411. The summed E-state index contributed by atoms with van der Waals surface area (Å²) in [5.74, 6) is -3.78. The molecule has 0 radical (unpaired) electrons. The molecule has 2 aromatic carbocycles. The Kier molecular flexibility index (Phi) is 44.9. The van der Waals surface area contributed by atoms with Gasteiger partial charge in [0.05, 0.1) is 15.2 Å². The van der Waals surface area contributed by atoms with E-state index in [1.807, 2.05) is 0 Å². The summed E-state index contributed by atoms with van der Waals surface area (Å²) in [7, 11) is -24.7. The van der Waals surface area contributed by atoms with E-state index in [1.165, 1.54) is 57.2 Å². The summed E-state index contributed by atoms with van der Waals surface area (Å²) in [6, 6.07) is 11.4. The molecule has 25 nitrogen and oxygen atoms in total. The second-order valence-electron chi connectivity index (χ2n) is 11.9. The van der Waals surface area contributed by atoms with E-state index < -0.39 is 103 Å². The Morgan fingerprint density at radius 3 is 1.13 bits per heavy atom. The number of aliphatic carboxylic acids is 1. The molecule has 33 heteroatoms. The van der Waals surface area contributed by atoms with Crippen LogP contribution < -0.4 is 59.1 Å². The molecule has 0 saturated carbocycles. The van der Waals surface area contributed by atoms with Gasteiger partial charge in [-0.1, -0.05) is 82.5 Å². The Labute approximate surface area is 452 Å². The second-order valence-corrected chi connectivity index (χ2v) is 20.4. The monoisotopic (exact) mass is 1130 g/mol. The third-order valence-corrected chi connectivity index (χ3v) is 9.71. The number of carboxylic acid groups (broad SMARTS) is 1. The van der Waals surface area contributed by atoms with Crippen molar-refractivity contribution in [3.05, 3.63) is 133 Å². The van der Waals surface area contributed by atoms with E-state index in [4.69, 9.17) is 28.4 Å². The number of hydrogen-bond donors (Lipinski definition) is 6. The van der Waals surface area contributed by atoms with E-state index in [9.17, 15) is 74.0 Å². The van der Waals surface area contributed by atoms with Crippen LogP contribution in [0, 0.1) is 0 Å². The number of carbonyl (C=O) groups is 3. The van der Waals surface area contributed by atoms with Crippen molar-refractivity contribution in [2.45, 2.75) is 36.7 Å². The van der Waals surface area contributed by atoms with Crippen LogP contribution in [0.3, 0.4) is 0 Å². The van der Waals surface area contributed by atoms with Crippen LogP contribution in [0.5, 0.6) is 0 Å². The number of ether oxygens (including phenoxy) is 2. The average molecular weight is 1130 g/mol. The number of rotatable bonds is 16. The number of hydrogen-bond acceptors (Lipinski definition) is 20. The minimum absolute atomic E-state index is 0. The van der Waals surface area contributed by atoms with E-state index in [0.29, 0.717) is 10.8 Å². The van der Waals surface area contributed by atoms with Gasteiger partial charge in [-0.25, -0.2) is 31.2 Å². The first-order chi connectivity index (χ1) is 30.4. The molecule has 2 aromatic rings. The van der Waals surface area contributed by atoms with Gasteiger partial charge in [0.15, 0.2) is 0 Å². The van der Waals surface area contributed by atoms with Gasteiger partial charge in [-0.05, 0) is 56.2 Å². The summed E-state index contributed by atoms with van der Waals surface area (Å²) in [6.45, 7) is 25.7. The topological polar surface area (TPSA) is 442 Å². The predicted molar refractivity (Wildman–Crippen MR) is 245 cm³/mol. The van der Waals surface area contributed by atoms with Crippen LogP contribution in [0.2, 0.25) is 0 Å². The first kappa shape index (κ1) is 80.5. The molecule has 70 heavy (non-hydrogen) atoms. The first-order valence-electron chi connectivity index (χ1n) is 17.1. The van der Waals surface area contributed by atoms with Crippen LogP contribution in [-0.2, 0) is 84.6 Å². The molecule has 0 aliphatic heterocycles. The molecule has 0 aliphatic carbocycles. The molecule has 0 aromatic heterocycles. The van der Waals surface area contributed by atoms with Gasteiger partial charge in [-0.3, -0.25) is 18.2 Å². The van der Waals surface area contributed by atoms with Gasteiger partial charge in [-0.2, -0.15) is 33.7 Å². The largest absolute Gasteiger partial charge is 1.00 e. The van der Waals surface area contributed by atoms with Gasteiger partial charge >= 0.3 is 77.0 Å². The summed E-state index contributed by atoms with van der Waals surface area (Å²) >= 11 is 0. The molecule has 1 atom stereocenters. The Morgan fingerprint density at radius 2 is 0.914 bits per heavy atom.